The largest absolute Gasteiger partial charge is 0.497 e. The van der Waals surface area contributed by atoms with Gasteiger partial charge in [0.25, 0.3) is 5.69 Å². The molecule has 0 spiro atoms. The van der Waals surface area contributed by atoms with Gasteiger partial charge in [0.2, 0.25) is 5.91 Å². The first kappa shape index (κ1) is 24.2. The topological polar surface area (TPSA) is 151 Å². The summed E-state index contributed by atoms with van der Waals surface area (Å²) in [6, 6.07) is 11.6. The van der Waals surface area contributed by atoms with Gasteiger partial charge in [0.1, 0.15) is 36.1 Å². The van der Waals surface area contributed by atoms with Crippen LogP contribution in [0.3, 0.4) is 0 Å². The highest BCUT2D eigenvalue weighted by molar-refractivity contribution is 8.00. The molecular formula is C23H21N3O8S. The lowest BCUT2D eigenvalue weighted by atomic mass is 10.0. The van der Waals surface area contributed by atoms with E-state index >= 15 is 0 Å². The van der Waals surface area contributed by atoms with Gasteiger partial charge in [-0.1, -0.05) is 12.1 Å². The second-order valence-corrected chi connectivity index (χ2v) is 8.79. The van der Waals surface area contributed by atoms with Crippen LogP contribution in [0, 0.1) is 10.1 Å². The molecule has 2 aromatic rings. The molecule has 12 heteroatoms. The van der Waals surface area contributed by atoms with E-state index in [-0.39, 0.29) is 35.9 Å². The number of nitrogens with two attached hydrogens (primary N) is 1. The molecule has 1 saturated heterocycles. The highest BCUT2D eigenvalue weighted by atomic mass is 32.2. The summed E-state index contributed by atoms with van der Waals surface area (Å²) in [6.07, 6.45) is 0. The van der Waals surface area contributed by atoms with Gasteiger partial charge in [-0.3, -0.25) is 19.8 Å². The maximum atomic E-state index is 13.0. The Morgan fingerprint density at radius 2 is 1.63 bits per heavy atom. The van der Waals surface area contributed by atoms with E-state index in [4.69, 9.17) is 19.9 Å². The molecule has 182 valence electrons. The number of nitro benzene ring substituents is 1. The van der Waals surface area contributed by atoms with E-state index < -0.39 is 34.2 Å². The monoisotopic (exact) mass is 499 g/mol. The SMILES string of the molecule is COc1ccc(COC(=O)C2=C(C(=O)OCc3ccc([N+](=O)[O-])cc3)CS[C@H]3C(N)C(=O)N23)cc1. The molecule has 2 aliphatic rings. The number of benzene rings is 2. The van der Waals surface area contributed by atoms with Crippen LogP contribution in [0.1, 0.15) is 11.1 Å². The number of ether oxygens (including phenoxy) is 3. The minimum Gasteiger partial charge on any atom is -0.497 e. The number of rotatable bonds is 8. The fourth-order valence-electron chi connectivity index (χ4n) is 3.55. The Balaban J connectivity index is 1.50. The average molecular weight is 500 g/mol. The van der Waals surface area contributed by atoms with Crippen LogP contribution in [-0.4, -0.2) is 51.9 Å². The Kier molecular flexibility index (Phi) is 7.03. The third kappa shape index (κ3) is 4.98. The molecule has 2 heterocycles. The molecule has 0 bridgehead atoms. The van der Waals surface area contributed by atoms with E-state index in [1.165, 1.54) is 48.0 Å². The number of nitro groups is 1. The van der Waals surface area contributed by atoms with Gasteiger partial charge in [-0.2, -0.15) is 0 Å². The Hall–Kier alpha value is -3.90. The van der Waals surface area contributed by atoms with E-state index in [1.54, 1.807) is 24.3 Å². The molecule has 35 heavy (non-hydrogen) atoms. The van der Waals surface area contributed by atoms with Crippen LogP contribution in [0.15, 0.2) is 59.8 Å². The van der Waals surface area contributed by atoms with Crippen molar-refractivity contribution in [1.29, 1.82) is 0 Å². The molecule has 2 aromatic carbocycles. The molecule has 1 unspecified atom stereocenters. The summed E-state index contributed by atoms with van der Waals surface area (Å²) in [7, 11) is 1.54. The second-order valence-electron chi connectivity index (χ2n) is 7.69. The summed E-state index contributed by atoms with van der Waals surface area (Å²) >= 11 is 1.25. The summed E-state index contributed by atoms with van der Waals surface area (Å²) in [6.45, 7) is -0.251. The molecule has 11 nitrogen and oxygen atoms in total. The lowest BCUT2D eigenvalue weighted by Crippen LogP contribution is -2.68. The molecule has 2 N–H and O–H groups in total. The lowest BCUT2D eigenvalue weighted by Gasteiger charge is -2.47. The van der Waals surface area contributed by atoms with E-state index in [9.17, 15) is 24.5 Å². The van der Waals surface area contributed by atoms with E-state index in [0.29, 0.717) is 16.9 Å². The fraction of sp³-hybridized carbons (Fsp3) is 0.261. The number of amides is 1. The maximum Gasteiger partial charge on any atom is 0.356 e. The maximum absolute atomic E-state index is 13.0. The number of nitrogens with zero attached hydrogens (tertiary/aromatic N) is 2. The van der Waals surface area contributed by atoms with Gasteiger partial charge in [-0.05, 0) is 35.4 Å². The number of carbonyl (C=O) groups is 3. The lowest BCUT2D eigenvalue weighted by molar-refractivity contribution is -0.384. The van der Waals surface area contributed by atoms with E-state index in [1.807, 2.05) is 0 Å². The molecule has 2 aliphatic heterocycles. The highest BCUT2D eigenvalue weighted by Gasteiger charge is 2.53. The number of methoxy groups -OCH3 is 1. The molecule has 0 aliphatic carbocycles. The van der Waals surface area contributed by atoms with Crippen molar-refractivity contribution < 1.29 is 33.5 Å². The van der Waals surface area contributed by atoms with Crippen LogP contribution < -0.4 is 10.5 Å². The summed E-state index contributed by atoms with van der Waals surface area (Å²) in [5.41, 5.74) is 6.80. The van der Waals surface area contributed by atoms with Crippen molar-refractivity contribution in [3.63, 3.8) is 0 Å². The van der Waals surface area contributed by atoms with Crippen LogP contribution in [0.5, 0.6) is 5.75 Å². The van der Waals surface area contributed by atoms with Gasteiger partial charge in [0.05, 0.1) is 17.6 Å². The normalized spacial score (nSPS) is 18.9. The van der Waals surface area contributed by atoms with Crippen LogP contribution in [-0.2, 0) is 37.1 Å². The van der Waals surface area contributed by atoms with Crippen molar-refractivity contribution in [2.24, 2.45) is 5.73 Å². The number of β-lactam (4-membered cyclic amide) rings is 1. The fourth-order valence-corrected chi connectivity index (χ4v) is 4.82. The smallest absolute Gasteiger partial charge is 0.356 e. The Bertz CT molecular complexity index is 1200. The number of esters is 2. The van der Waals surface area contributed by atoms with Gasteiger partial charge in [0, 0.05) is 17.9 Å². The summed E-state index contributed by atoms with van der Waals surface area (Å²) in [5, 5.41) is 10.3. The van der Waals surface area contributed by atoms with Gasteiger partial charge in [0.15, 0.2) is 0 Å². The minimum atomic E-state index is -0.839. The molecule has 0 aromatic heterocycles. The Labute approximate surface area is 204 Å². The summed E-state index contributed by atoms with van der Waals surface area (Å²) in [4.78, 5) is 49.7. The molecule has 1 amide bonds. The van der Waals surface area contributed by atoms with Crippen molar-refractivity contribution in [1.82, 2.24) is 4.90 Å². The number of fused-ring (bicyclic) bond motifs is 1. The summed E-state index contributed by atoms with van der Waals surface area (Å²) in [5.74, 6) is -1.37. The quantitative estimate of drug-likeness (QED) is 0.247. The zero-order chi connectivity index (χ0) is 25.1. The molecule has 0 radical (unpaired) electrons. The van der Waals surface area contributed by atoms with Gasteiger partial charge in [-0.25, -0.2) is 9.59 Å². The van der Waals surface area contributed by atoms with Crippen LogP contribution in [0.2, 0.25) is 0 Å². The van der Waals surface area contributed by atoms with Crippen LogP contribution in [0.25, 0.3) is 0 Å². The van der Waals surface area contributed by atoms with Gasteiger partial charge in [-0.15, -0.1) is 11.8 Å². The van der Waals surface area contributed by atoms with E-state index in [2.05, 4.69) is 0 Å². The predicted molar refractivity (Wildman–Crippen MR) is 124 cm³/mol. The first-order valence-corrected chi connectivity index (χ1v) is 11.5. The molecule has 4 rings (SSSR count). The average Bonchev–Trinajstić information content (AvgIpc) is 2.89. The first-order chi connectivity index (χ1) is 16.8. The number of hydrogen-bond acceptors (Lipinski definition) is 10. The number of carbonyl (C=O) groups excluding carboxylic acids is 3. The number of hydrogen-bond donors (Lipinski definition) is 1. The Morgan fingerprint density at radius 1 is 1.06 bits per heavy atom. The van der Waals surface area contributed by atoms with Crippen molar-refractivity contribution in [3.05, 3.63) is 81.0 Å². The molecule has 2 atom stereocenters. The van der Waals surface area contributed by atoms with Crippen LogP contribution >= 0.6 is 11.8 Å². The van der Waals surface area contributed by atoms with Crippen molar-refractivity contribution >= 4 is 35.3 Å². The second kappa shape index (κ2) is 10.2. The molecular weight excluding hydrogens is 478 g/mol. The third-order valence-corrected chi connectivity index (χ3v) is 6.80. The highest BCUT2D eigenvalue weighted by Crippen LogP contribution is 2.40. The number of non-ortho nitro benzene ring substituents is 1. The van der Waals surface area contributed by atoms with Crippen molar-refractivity contribution in [2.45, 2.75) is 24.6 Å². The predicted octanol–water partition coefficient (Wildman–Crippen LogP) is 1.89. The Morgan fingerprint density at radius 3 is 2.20 bits per heavy atom. The zero-order valence-electron chi connectivity index (χ0n) is 18.5. The minimum absolute atomic E-state index is 0.00635. The summed E-state index contributed by atoms with van der Waals surface area (Å²) < 4.78 is 15.8. The van der Waals surface area contributed by atoms with Gasteiger partial charge >= 0.3 is 11.9 Å². The third-order valence-electron chi connectivity index (χ3n) is 5.50. The first-order valence-electron chi connectivity index (χ1n) is 10.4. The zero-order valence-corrected chi connectivity index (χ0v) is 19.4. The number of thioether (sulfide) groups is 1. The van der Waals surface area contributed by atoms with Crippen molar-refractivity contribution in [2.75, 3.05) is 12.9 Å². The van der Waals surface area contributed by atoms with Gasteiger partial charge < -0.3 is 19.9 Å². The molecule has 0 saturated carbocycles. The standard InChI is InChI=1S/C23H21N3O8S/c1-32-16-8-4-14(5-9-16)11-34-23(29)19-17(12-35-21-18(24)20(27)25(19)21)22(28)33-10-13-2-6-15(7-3-13)26(30)31/h2-9,18,21H,10-12,24H2,1H3/t18?,21-/m0/s1. The van der Waals surface area contributed by atoms with E-state index in [0.717, 1.165) is 0 Å². The molecule has 1 fully saturated rings. The van der Waals surface area contributed by atoms with Crippen LogP contribution in [0.4, 0.5) is 5.69 Å². The van der Waals surface area contributed by atoms with Crippen molar-refractivity contribution in [3.8, 4) is 5.75 Å².